The van der Waals surface area contributed by atoms with Crippen molar-refractivity contribution in [1.82, 2.24) is 4.90 Å². The van der Waals surface area contributed by atoms with Gasteiger partial charge in [-0.25, -0.2) is 18.4 Å². The molecule has 2 N–H and O–H groups in total. The summed E-state index contributed by atoms with van der Waals surface area (Å²) in [6.45, 7) is -0.724. The Hall–Kier alpha value is -1.45. The Morgan fingerprint density at radius 1 is 1.47 bits per heavy atom. The maximum absolute atomic E-state index is 12.1. The molecule has 5 nitrogen and oxygen atoms in total. The molecule has 0 spiro atoms. The minimum absolute atomic E-state index is 0.0685. The molecule has 0 bridgehead atoms. The Labute approximate surface area is 121 Å². The molecule has 2 amide bonds. The van der Waals surface area contributed by atoms with E-state index in [9.17, 15) is 18.4 Å². The van der Waals surface area contributed by atoms with Crippen LogP contribution in [0, 0.1) is 3.57 Å². The fraction of sp³-hybridized carbons (Fsp3) is 0.273. The van der Waals surface area contributed by atoms with Crippen LogP contribution in [0.3, 0.4) is 0 Å². The highest BCUT2D eigenvalue weighted by Crippen LogP contribution is 2.19. The molecule has 0 aliphatic carbocycles. The van der Waals surface area contributed by atoms with Gasteiger partial charge in [-0.1, -0.05) is 0 Å². The fourth-order valence-electron chi connectivity index (χ4n) is 1.30. The van der Waals surface area contributed by atoms with E-state index in [1.807, 2.05) is 22.6 Å². The van der Waals surface area contributed by atoms with Crippen molar-refractivity contribution in [3.05, 3.63) is 27.3 Å². The Bertz CT molecular complexity index is 497. The Kier molecular flexibility index (Phi) is 5.45. The molecule has 0 fully saturated rings. The number of hydrogen-bond donors (Lipinski definition) is 2. The standard InChI is InChI=1S/C11H11F2IN2O3/c1-16(5-9(12)13)11(19)15-8-3-2-6(14)4-7(8)10(17)18/h2-4,9H,5H2,1H3,(H,15,19)(H,17,18). The molecule has 0 saturated heterocycles. The number of urea groups is 1. The summed E-state index contributed by atoms with van der Waals surface area (Å²) in [5, 5.41) is 11.3. The van der Waals surface area contributed by atoms with Gasteiger partial charge in [-0.3, -0.25) is 0 Å². The molecular formula is C11H11F2IN2O3. The number of carbonyl (C=O) groups is 2. The van der Waals surface area contributed by atoms with E-state index in [4.69, 9.17) is 5.11 Å². The van der Waals surface area contributed by atoms with E-state index < -0.39 is 25.0 Å². The molecule has 104 valence electrons. The lowest BCUT2D eigenvalue weighted by Crippen LogP contribution is -2.35. The van der Waals surface area contributed by atoms with Gasteiger partial charge in [0.1, 0.15) is 0 Å². The molecule has 1 aromatic rings. The first-order valence-corrected chi connectivity index (χ1v) is 6.22. The summed E-state index contributed by atoms with van der Waals surface area (Å²) in [5.41, 5.74) is -0.0234. The number of alkyl halides is 2. The third-order valence-corrected chi connectivity index (χ3v) is 2.88. The Balaban J connectivity index is 2.87. The second kappa shape index (κ2) is 6.64. The number of hydrogen-bond acceptors (Lipinski definition) is 2. The monoisotopic (exact) mass is 384 g/mol. The van der Waals surface area contributed by atoms with Crippen molar-refractivity contribution in [1.29, 1.82) is 0 Å². The number of amides is 2. The normalized spacial score (nSPS) is 10.4. The highest BCUT2D eigenvalue weighted by Gasteiger charge is 2.17. The summed E-state index contributed by atoms with van der Waals surface area (Å²) in [6, 6.07) is 3.62. The Morgan fingerprint density at radius 2 is 2.11 bits per heavy atom. The fourth-order valence-corrected chi connectivity index (χ4v) is 1.79. The molecule has 0 aliphatic rings. The van der Waals surface area contributed by atoms with Gasteiger partial charge < -0.3 is 15.3 Å². The molecule has 0 unspecified atom stereocenters. The van der Waals surface area contributed by atoms with Crippen LogP contribution in [-0.2, 0) is 0 Å². The smallest absolute Gasteiger partial charge is 0.337 e. The van der Waals surface area contributed by atoms with Crippen LogP contribution in [0.15, 0.2) is 18.2 Å². The summed E-state index contributed by atoms with van der Waals surface area (Å²) in [5.74, 6) is -1.20. The number of carboxylic acid groups (broad SMARTS) is 1. The third-order valence-electron chi connectivity index (χ3n) is 2.21. The van der Waals surface area contributed by atoms with E-state index in [-0.39, 0.29) is 11.3 Å². The lowest BCUT2D eigenvalue weighted by molar-refractivity contribution is 0.0697. The lowest BCUT2D eigenvalue weighted by Gasteiger charge is -2.18. The van der Waals surface area contributed by atoms with Crippen LogP contribution in [0.1, 0.15) is 10.4 Å². The zero-order valence-corrected chi connectivity index (χ0v) is 12.0. The van der Waals surface area contributed by atoms with Gasteiger partial charge in [-0.2, -0.15) is 0 Å². The number of nitrogens with zero attached hydrogens (tertiary/aromatic N) is 1. The molecule has 0 heterocycles. The Morgan fingerprint density at radius 3 is 2.63 bits per heavy atom. The molecule has 0 atom stereocenters. The highest BCUT2D eigenvalue weighted by atomic mass is 127. The average molecular weight is 384 g/mol. The molecule has 1 aromatic carbocycles. The number of carboxylic acids is 1. The first-order chi connectivity index (χ1) is 8.81. The largest absolute Gasteiger partial charge is 0.478 e. The minimum atomic E-state index is -2.65. The second-order valence-electron chi connectivity index (χ2n) is 3.70. The maximum atomic E-state index is 12.1. The van der Waals surface area contributed by atoms with Crippen LogP contribution in [0.5, 0.6) is 0 Å². The lowest BCUT2D eigenvalue weighted by atomic mass is 10.2. The summed E-state index contributed by atoms with van der Waals surface area (Å²) >= 11 is 1.93. The summed E-state index contributed by atoms with van der Waals surface area (Å²) in [7, 11) is 1.20. The first kappa shape index (κ1) is 15.6. The topological polar surface area (TPSA) is 69.6 Å². The van der Waals surface area contributed by atoms with Crippen molar-refractivity contribution in [2.75, 3.05) is 18.9 Å². The van der Waals surface area contributed by atoms with E-state index in [2.05, 4.69) is 5.32 Å². The van der Waals surface area contributed by atoms with Crippen LogP contribution >= 0.6 is 22.6 Å². The summed E-state index contributed by atoms with van der Waals surface area (Å²) < 4.78 is 24.9. The van der Waals surface area contributed by atoms with Crippen LogP contribution in [0.25, 0.3) is 0 Å². The van der Waals surface area contributed by atoms with Crippen molar-refractivity contribution in [3.8, 4) is 0 Å². The molecular weight excluding hydrogens is 373 g/mol. The van der Waals surface area contributed by atoms with Crippen molar-refractivity contribution < 1.29 is 23.5 Å². The van der Waals surface area contributed by atoms with Gasteiger partial charge in [0.25, 0.3) is 6.43 Å². The molecule has 0 aliphatic heterocycles. The van der Waals surface area contributed by atoms with Gasteiger partial charge in [0, 0.05) is 10.6 Å². The number of benzene rings is 1. The van der Waals surface area contributed by atoms with Crippen molar-refractivity contribution in [2.24, 2.45) is 0 Å². The van der Waals surface area contributed by atoms with Crippen molar-refractivity contribution >= 4 is 40.3 Å². The number of rotatable bonds is 4. The number of aromatic carboxylic acids is 1. The molecule has 0 radical (unpaired) electrons. The van der Waals surface area contributed by atoms with Crippen molar-refractivity contribution in [2.45, 2.75) is 6.43 Å². The second-order valence-corrected chi connectivity index (χ2v) is 4.94. The van der Waals surface area contributed by atoms with Crippen molar-refractivity contribution in [3.63, 3.8) is 0 Å². The van der Waals surface area contributed by atoms with Gasteiger partial charge >= 0.3 is 12.0 Å². The van der Waals surface area contributed by atoms with Crippen LogP contribution in [0.4, 0.5) is 19.3 Å². The summed E-state index contributed by atoms with van der Waals surface area (Å²) in [6.07, 6.45) is -2.65. The summed E-state index contributed by atoms with van der Waals surface area (Å²) in [4.78, 5) is 23.4. The van der Waals surface area contributed by atoms with Gasteiger partial charge in [-0.05, 0) is 40.8 Å². The van der Waals surface area contributed by atoms with E-state index in [0.29, 0.717) is 3.57 Å². The third kappa shape index (κ3) is 4.62. The van der Waals surface area contributed by atoms with Crippen LogP contribution < -0.4 is 5.32 Å². The number of anilines is 1. The zero-order valence-electron chi connectivity index (χ0n) is 9.86. The average Bonchev–Trinajstić information content (AvgIpc) is 2.30. The number of carbonyl (C=O) groups excluding carboxylic acids is 1. The van der Waals surface area contributed by atoms with E-state index in [1.54, 1.807) is 6.07 Å². The van der Waals surface area contributed by atoms with Crippen LogP contribution in [-0.4, -0.2) is 42.0 Å². The van der Waals surface area contributed by atoms with Crippen LogP contribution in [0.2, 0.25) is 0 Å². The number of nitrogens with one attached hydrogen (secondary N) is 1. The molecule has 0 saturated carbocycles. The molecule has 19 heavy (non-hydrogen) atoms. The van der Waals surface area contributed by atoms with E-state index in [0.717, 1.165) is 4.90 Å². The van der Waals surface area contributed by atoms with E-state index in [1.165, 1.54) is 19.2 Å². The quantitative estimate of drug-likeness (QED) is 0.785. The predicted octanol–water partition coefficient (Wildman–Crippen LogP) is 2.72. The predicted molar refractivity (Wildman–Crippen MR) is 73.8 cm³/mol. The van der Waals surface area contributed by atoms with E-state index >= 15 is 0 Å². The molecule has 1 rings (SSSR count). The SMILES string of the molecule is CN(CC(F)F)C(=O)Nc1ccc(I)cc1C(=O)O. The zero-order chi connectivity index (χ0) is 14.6. The first-order valence-electron chi connectivity index (χ1n) is 5.14. The molecule has 0 aromatic heterocycles. The van der Waals surface area contributed by atoms with Gasteiger partial charge in [0.15, 0.2) is 0 Å². The van der Waals surface area contributed by atoms with Gasteiger partial charge in [-0.15, -0.1) is 0 Å². The highest BCUT2D eigenvalue weighted by molar-refractivity contribution is 14.1. The molecule has 8 heteroatoms. The minimum Gasteiger partial charge on any atom is -0.478 e. The van der Waals surface area contributed by atoms with Gasteiger partial charge in [0.05, 0.1) is 17.8 Å². The number of halogens is 3. The maximum Gasteiger partial charge on any atom is 0.337 e. The van der Waals surface area contributed by atoms with Gasteiger partial charge in [0.2, 0.25) is 0 Å².